The standard InChI is InChI=1S/C25H28N4O3/c1-16-8-11-22(24(30)28-16)29-15-17-13-19(9-10-20(17)25(29)31)32-23-7-4-6-21(23)27-14-18-5-2-3-12-26-18/h2-3,5,9-10,12-13,21-23,27H,1,4,6-8,11,14-15H2,(H,28,30). The lowest BCUT2D eigenvalue weighted by molar-refractivity contribution is -0.126. The molecule has 1 aliphatic carbocycles. The van der Waals surface area contributed by atoms with Gasteiger partial charge in [-0.15, -0.1) is 0 Å². The third-order valence-corrected chi connectivity index (χ3v) is 6.62. The zero-order valence-electron chi connectivity index (χ0n) is 18.0. The van der Waals surface area contributed by atoms with Gasteiger partial charge in [0.2, 0.25) is 5.91 Å². The van der Waals surface area contributed by atoms with Crippen LogP contribution in [0.1, 0.15) is 53.7 Å². The van der Waals surface area contributed by atoms with Crippen LogP contribution in [0.4, 0.5) is 0 Å². The number of allylic oxidation sites excluding steroid dienone is 1. The van der Waals surface area contributed by atoms with Crippen molar-refractivity contribution >= 4 is 11.8 Å². The first-order valence-corrected chi connectivity index (χ1v) is 11.3. The number of benzene rings is 1. The Morgan fingerprint density at radius 1 is 1.19 bits per heavy atom. The summed E-state index contributed by atoms with van der Waals surface area (Å²) in [5.74, 6) is 0.540. The fraction of sp³-hybridized carbons (Fsp3) is 0.400. The largest absolute Gasteiger partial charge is 0.489 e. The molecule has 1 saturated heterocycles. The van der Waals surface area contributed by atoms with Crippen LogP contribution in [0.2, 0.25) is 0 Å². The van der Waals surface area contributed by atoms with E-state index in [4.69, 9.17) is 4.74 Å². The number of rotatable bonds is 6. The summed E-state index contributed by atoms with van der Waals surface area (Å²) in [4.78, 5) is 31.3. The average Bonchev–Trinajstić information content (AvgIpc) is 3.37. The van der Waals surface area contributed by atoms with E-state index in [2.05, 4.69) is 22.2 Å². The van der Waals surface area contributed by atoms with Crippen molar-refractivity contribution in [2.75, 3.05) is 0 Å². The number of hydrogen-bond donors (Lipinski definition) is 2. The van der Waals surface area contributed by atoms with Gasteiger partial charge in [-0.2, -0.15) is 0 Å². The molecule has 3 aliphatic rings. The number of fused-ring (bicyclic) bond motifs is 1. The van der Waals surface area contributed by atoms with Crippen molar-refractivity contribution < 1.29 is 14.3 Å². The van der Waals surface area contributed by atoms with Gasteiger partial charge in [0.1, 0.15) is 17.9 Å². The number of carbonyl (C=O) groups is 2. The highest BCUT2D eigenvalue weighted by Crippen LogP contribution is 2.32. The Morgan fingerprint density at radius 3 is 2.91 bits per heavy atom. The van der Waals surface area contributed by atoms with Crippen molar-refractivity contribution in [3.05, 3.63) is 71.7 Å². The number of ether oxygens (including phenoxy) is 1. The van der Waals surface area contributed by atoms with Crippen molar-refractivity contribution in [2.24, 2.45) is 0 Å². The topological polar surface area (TPSA) is 83.6 Å². The second-order valence-electron chi connectivity index (χ2n) is 8.79. The van der Waals surface area contributed by atoms with E-state index in [1.807, 2.05) is 42.6 Å². The lowest BCUT2D eigenvalue weighted by atomic mass is 10.0. The van der Waals surface area contributed by atoms with Crippen molar-refractivity contribution in [3.8, 4) is 5.75 Å². The van der Waals surface area contributed by atoms with Crippen LogP contribution in [0.25, 0.3) is 0 Å². The maximum atomic E-state index is 12.9. The van der Waals surface area contributed by atoms with Crippen molar-refractivity contribution in [1.29, 1.82) is 0 Å². The molecule has 3 atom stereocenters. The molecule has 2 aliphatic heterocycles. The number of hydrogen-bond acceptors (Lipinski definition) is 5. The van der Waals surface area contributed by atoms with Crippen LogP contribution < -0.4 is 15.4 Å². The molecule has 3 unspecified atom stereocenters. The summed E-state index contributed by atoms with van der Waals surface area (Å²) in [7, 11) is 0. The number of nitrogens with one attached hydrogen (secondary N) is 2. The van der Waals surface area contributed by atoms with Crippen LogP contribution in [0.3, 0.4) is 0 Å². The molecule has 5 rings (SSSR count). The summed E-state index contributed by atoms with van der Waals surface area (Å²) in [5.41, 5.74) is 3.31. The molecular weight excluding hydrogens is 404 g/mol. The van der Waals surface area contributed by atoms with Crippen molar-refractivity contribution in [3.63, 3.8) is 0 Å². The summed E-state index contributed by atoms with van der Waals surface area (Å²) in [6, 6.07) is 11.4. The first kappa shape index (κ1) is 20.7. The second kappa shape index (κ2) is 8.74. The maximum absolute atomic E-state index is 12.9. The Labute approximate surface area is 187 Å². The third kappa shape index (κ3) is 4.12. The Kier molecular flexibility index (Phi) is 5.66. The molecule has 32 heavy (non-hydrogen) atoms. The van der Waals surface area contributed by atoms with Gasteiger partial charge in [-0.3, -0.25) is 14.6 Å². The molecule has 2 N–H and O–H groups in total. The first-order chi connectivity index (χ1) is 15.6. The molecule has 1 aromatic heterocycles. The van der Waals surface area contributed by atoms with Gasteiger partial charge in [-0.1, -0.05) is 12.6 Å². The Balaban J connectivity index is 1.24. The number of carbonyl (C=O) groups excluding carboxylic acids is 2. The van der Waals surface area contributed by atoms with E-state index >= 15 is 0 Å². The maximum Gasteiger partial charge on any atom is 0.255 e. The molecule has 3 heterocycles. The highest BCUT2D eigenvalue weighted by molar-refractivity contribution is 6.01. The molecule has 0 radical (unpaired) electrons. The molecule has 2 aromatic rings. The van der Waals surface area contributed by atoms with Gasteiger partial charge in [0, 0.05) is 36.6 Å². The Bertz CT molecular complexity index is 1040. The lowest BCUT2D eigenvalue weighted by Crippen LogP contribution is -2.49. The molecule has 0 bridgehead atoms. The van der Waals surface area contributed by atoms with E-state index in [1.54, 1.807) is 4.90 Å². The predicted molar refractivity (Wildman–Crippen MR) is 120 cm³/mol. The zero-order chi connectivity index (χ0) is 22.1. The highest BCUT2D eigenvalue weighted by Gasteiger charge is 2.38. The fourth-order valence-electron chi connectivity index (χ4n) is 4.92. The van der Waals surface area contributed by atoms with E-state index in [9.17, 15) is 9.59 Å². The molecule has 7 heteroatoms. The SMILES string of the molecule is C=C1CCC(N2Cc3cc(OC4CCCC4NCc4ccccn4)ccc3C2=O)C(=O)N1. The van der Waals surface area contributed by atoms with Crippen LogP contribution in [0.5, 0.6) is 5.75 Å². The zero-order valence-corrected chi connectivity index (χ0v) is 18.0. The number of amides is 2. The van der Waals surface area contributed by atoms with E-state index in [0.29, 0.717) is 30.6 Å². The summed E-state index contributed by atoms with van der Waals surface area (Å²) in [5, 5.41) is 6.36. The molecular formula is C25H28N4O3. The normalized spacial score (nSPS) is 25.1. The molecule has 7 nitrogen and oxygen atoms in total. The summed E-state index contributed by atoms with van der Waals surface area (Å²) in [6.45, 7) is 4.97. The van der Waals surface area contributed by atoms with E-state index in [0.717, 1.165) is 42.8 Å². The van der Waals surface area contributed by atoms with Crippen LogP contribution in [0, 0.1) is 0 Å². The average molecular weight is 433 g/mol. The summed E-state index contributed by atoms with van der Waals surface area (Å²) >= 11 is 0. The van der Waals surface area contributed by atoms with Gasteiger partial charge in [-0.25, -0.2) is 0 Å². The Hall–Kier alpha value is -3.19. The molecule has 166 valence electrons. The van der Waals surface area contributed by atoms with Crippen molar-refractivity contribution in [2.45, 2.75) is 63.4 Å². The minimum Gasteiger partial charge on any atom is -0.489 e. The minimum absolute atomic E-state index is 0.0834. The molecule has 1 aromatic carbocycles. The summed E-state index contributed by atoms with van der Waals surface area (Å²) < 4.78 is 6.35. The highest BCUT2D eigenvalue weighted by atomic mass is 16.5. The third-order valence-electron chi connectivity index (χ3n) is 6.62. The monoisotopic (exact) mass is 432 g/mol. The number of aromatic nitrogens is 1. The fourth-order valence-corrected chi connectivity index (χ4v) is 4.92. The summed E-state index contributed by atoms with van der Waals surface area (Å²) in [6.07, 6.45) is 6.37. The first-order valence-electron chi connectivity index (χ1n) is 11.3. The van der Waals surface area contributed by atoms with Crippen molar-refractivity contribution in [1.82, 2.24) is 20.5 Å². The second-order valence-corrected chi connectivity index (χ2v) is 8.79. The van der Waals surface area contributed by atoms with Gasteiger partial charge < -0.3 is 20.3 Å². The van der Waals surface area contributed by atoms with E-state index < -0.39 is 6.04 Å². The number of piperidine rings is 1. The van der Waals surface area contributed by atoms with E-state index in [1.165, 1.54) is 0 Å². The van der Waals surface area contributed by atoms with E-state index in [-0.39, 0.29) is 24.0 Å². The van der Waals surface area contributed by atoms with Gasteiger partial charge in [0.05, 0.1) is 5.69 Å². The van der Waals surface area contributed by atoms with Crippen LogP contribution >= 0.6 is 0 Å². The smallest absolute Gasteiger partial charge is 0.255 e. The molecule has 0 spiro atoms. The van der Waals surface area contributed by atoms with Gasteiger partial charge in [0.25, 0.3) is 5.91 Å². The van der Waals surface area contributed by atoms with Crippen LogP contribution in [0.15, 0.2) is 54.9 Å². The predicted octanol–water partition coefficient (Wildman–Crippen LogP) is 2.92. The molecule has 2 fully saturated rings. The van der Waals surface area contributed by atoms with Crippen LogP contribution in [-0.4, -0.2) is 39.9 Å². The van der Waals surface area contributed by atoms with Gasteiger partial charge in [-0.05, 0) is 68.0 Å². The van der Waals surface area contributed by atoms with Gasteiger partial charge in [0.15, 0.2) is 0 Å². The minimum atomic E-state index is -0.445. The molecule has 2 amide bonds. The quantitative estimate of drug-likeness (QED) is 0.733. The lowest BCUT2D eigenvalue weighted by Gasteiger charge is -2.30. The Morgan fingerprint density at radius 2 is 2.09 bits per heavy atom. The van der Waals surface area contributed by atoms with Crippen LogP contribution in [-0.2, 0) is 17.9 Å². The molecule has 1 saturated carbocycles. The van der Waals surface area contributed by atoms with Gasteiger partial charge >= 0.3 is 0 Å². The number of pyridine rings is 1. The number of nitrogens with zero attached hydrogens (tertiary/aromatic N) is 2.